The molecule has 2 amide bonds. The number of hydrogen-bond acceptors (Lipinski definition) is 13. The fraction of sp³-hybridized carbons (Fsp3) is 0.282. The molecule has 8 N–H and O–H groups in total. The van der Waals surface area contributed by atoms with Crippen LogP contribution < -0.4 is 16.2 Å². The summed E-state index contributed by atoms with van der Waals surface area (Å²) in [4.78, 5) is 55.2. The number of aliphatic hydroxyl groups is 4. The highest BCUT2D eigenvalue weighted by Crippen LogP contribution is 2.57. The molecule has 282 valence electrons. The molecule has 3 aliphatic carbocycles. The molecule has 0 radical (unpaired) electrons. The summed E-state index contributed by atoms with van der Waals surface area (Å²) in [7, 11) is 2.89. The molecular weight excluding hydrogens is 700 g/mol. The maximum atomic E-state index is 14.5. The lowest BCUT2D eigenvalue weighted by atomic mass is 9.55. The van der Waals surface area contributed by atoms with Crippen molar-refractivity contribution >= 4 is 29.3 Å². The molecule has 15 heteroatoms. The summed E-state index contributed by atoms with van der Waals surface area (Å²) in [6.45, 7) is 5.49. The minimum absolute atomic E-state index is 0.0122. The van der Waals surface area contributed by atoms with Crippen LogP contribution in [-0.2, 0) is 32.3 Å². The first kappa shape index (κ1) is 37.6. The summed E-state index contributed by atoms with van der Waals surface area (Å²) >= 11 is 0. The highest BCUT2D eigenvalue weighted by Gasteiger charge is 2.67. The van der Waals surface area contributed by atoms with Crippen molar-refractivity contribution in [1.82, 2.24) is 10.3 Å². The summed E-state index contributed by atoms with van der Waals surface area (Å²) in [6.07, 6.45) is -2.78. The number of phenolic OH excluding ortho intramolecular Hbond substituents is 1. The topological polar surface area (TPSA) is 232 Å². The molecule has 54 heavy (non-hydrogen) atoms. The Labute approximate surface area is 309 Å². The number of benzene rings is 3. The van der Waals surface area contributed by atoms with Crippen LogP contribution in [0, 0.1) is 11.8 Å². The number of carbonyl (C=O) groups is 4. The van der Waals surface area contributed by atoms with Gasteiger partial charge in [-0.05, 0) is 55.4 Å². The predicted molar refractivity (Wildman–Crippen MR) is 192 cm³/mol. The van der Waals surface area contributed by atoms with Crippen molar-refractivity contribution in [2.75, 3.05) is 19.1 Å². The van der Waals surface area contributed by atoms with Crippen LogP contribution in [0.15, 0.2) is 108 Å². The van der Waals surface area contributed by atoms with Gasteiger partial charge in [0.15, 0.2) is 11.4 Å². The number of amides is 2. The number of aliphatic hydroxyl groups excluding tert-OH is 3. The number of ketones is 2. The smallest absolute Gasteiger partial charge is 0.426 e. The summed E-state index contributed by atoms with van der Waals surface area (Å²) in [5.74, 6) is -10.8. The van der Waals surface area contributed by atoms with Crippen molar-refractivity contribution in [3.05, 3.63) is 130 Å². The van der Waals surface area contributed by atoms with Crippen LogP contribution in [0.2, 0.25) is 0 Å². The van der Waals surface area contributed by atoms with Crippen molar-refractivity contribution in [2.24, 2.45) is 17.6 Å². The molecule has 0 spiro atoms. The first-order valence-electron chi connectivity index (χ1n) is 16.9. The van der Waals surface area contributed by atoms with Gasteiger partial charge >= 0.3 is 6.09 Å². The quantitative estimate of drug-likeness (QED) is 0.0902. The number of nitrogens with two attached hydrogens (primary N) is 1. The number of nitrogens with one attached hydrogen (secondary N) is 1. The van der Waals surface area contributed by atoms with Gasteiger partial charge in [-0.25, -0.2) is 15.2 Å². The molecule has 0 unspecified atom stereocenters. The van der Waals surface area contributed by atoms with E-state index in [0.29, 0.717) is 5.56 Å². The van der Waals surface area contributed by atoms with Crippen molar-refractivity contribution in [2.45, 2.75) is 43.8 Å². The third kappa shape index (κ3) is 6.11. The Kier molecular flexibility index (Phi) is 9.98. The van der Waals surface area contributed by atoms with E-state index in [1.807, 2.05) is 36.4 Å². The molecule has 3 aromatic rings. The number of Topliss-reactive ketones (excluding diaryl/α,β-unsaturated/α-hetero) is 2. The number of aromatic hydroxyl groups is 1. The molecule has 15 nitrogen and oxygen atoms in total. The number of anilines is 1. The van der Waals surface area contributed by atoms with E-state index in [1.54, 1.807) is 31.2 Å². The van der Waals surface area contributed by atoms with E-state index < -0.39 is 87.5 Å². The normalized spacial score (nSPS) is 24.7. The molecule has 3 aromatic carbocycles. The monoisotopic (exact) mass is 740 g/mol. The molecule has 0 aromatic heterocycles. The molecule has 0 saturated heterocycles. The maximum absolute atomic E-state index is 14.5. The Bertz CT molecular complexity index is 2100. The number of nitrogens with zero attached hydrogens (tertiary/aromatic N) is 2. The average Bonchev–Trinajstić information content (AvgIpc) is 3.14. The molecular formula is C39H40N4O11. The second kappa shape index (κ2) is 14.3. The first-order valence-corrected chi connectivity index (χ1v) is 16.9. The van der Waals surface area contributed by atoms with Crippen LogP contribution in [0.25, 0.3) is 0 Å². The highest BCUT2D eigenvalue weighted by molar-refractivity contribution is 6.25. The largest absolute Gasteiger partial charge is 0.510 e. The number of rotatable bonds is 10. The fourth-order valence-electron chi connectivity index (χ4n) is 7.78. The number of fused-ring (bicyclic) bond motifs is 3. The molecule has 0 fully saturated rings. The van der Waals surface area contributed by atoms with E-state index in [2.05, 4.69) is 12.0 Å². The second-order valence-electron chi connectivity index (χ2n) is 13.6. The van der Waals surface area contributed by atoms with E-state index in [9.17, 15) is 44.7 Å². The lowest BCUT2D eigenvalue weighted by molar-refractivity contribution is -0.162. The second-order valence-corrected chi connectivity index (χ2v) is 13.6. The number of ether oxygens (including phenoxy) is 2. The lowest BCUT2D eigenvalue weighted by Crippen LogP contribution is -2.68. The summed E-state index contributed by atoms with van der Waals surface area (Å²) in [6, 6.07) is 19.1. The number of phenols is 1. The third-order valence-corrected chi connectivity index (χ3v) is 10.2. The van der Waals surface area contributed by atoms with Crippen LogP contribution in [0.5, 0.6) is 5.75 Å². The Morgan fingerprint density at radius 2 is 1.50 bits per heavy atom. The van der Waals surface area contributed by atoms with Crippen LogP contribution in [-0.4, -0.2) is 85.8 Å². The van der Waals surface area contributed by atoms with Gasteiger partial charge in [-0.1, -0.05) is 67.6 Å². The Hall–Kier alpha value is -6.16. The first-order chi connectivity index (χ1) is 25.6. The van der Waals surface area contributed by atoms with Gasteiger partial charge < -0.3 is 40.7 Å². The van der Waals surface area contributed by atoms with E-state index in [-0.39, 0.29) is 35.9 Å². The van der Waals surface area contributed by atoms with E-state index in [0.717, 1.165) is 16.6 Å². The van der Waals surface area contributed by atoms with Gasteiger partial charge in [-0.15, -0.1) is 0 Å². The minimum Gasteiger partial charge on any atom is -0.510 e. The standard InChI is InChI=1S/C39H40N4O11/c1-19-25-23(43(20(2)53-17-21-11-7-5-8-12-21)41-38(51)54-18-22-13-9-6-10-14-22)15-16-24(44)27(25)32(45)28-26(19)33(46)30-31(42(3)4)34(47)29(37(40)50)36(49)39(30,52)35(28)48/h5-16,19,26,30-31,33,44,46-48,52H,2,17-18H2,1,3-4H3,(H2,40,50)(H,41,51)/t19-,26+,30+,31-,33-,39-/m0/s1. The van der Waals surface area contributed by atoms with Gasteiger partial charge in [0.1, 0.15) is 36.1 Å². The zero-order chi connectivity index (χ0) is 39.2. The van der Waals surface area contributed by atoms with E-state index in [1.165, 1.54) is 25.1 Å². The Morgan fingerprint density at radius 1 is 0.926 bits per heavy atom. The predicted octanol–water partition coefficient (Wildman–Crippen LogP) is 2.99. The summed E-state index contributed by atoms with van der Waals surface area (Å²) in [5.41, 5.74) is 4.55. The van der Waals surface area contributed by atoms with Crippen molar-refractivity contribution in [3.63, 3.8) is 0 Å². The number of hydrazine groups is 1. The third-order valence-electron chi connectivity index (χ3n) is 10.2. The van der Waals surface area contributed by atoms with Gasteiger partial charge in [0, 0.05) is 11.5 Å². The Balaban J connectivity index is 1.47. The van der Waals surface area contributed by atoms with Crippen molar-refractivity contribution in [3.8, 4) is 5.75 Å². The van der Waals surface area contributed by atoms with Crippen molar-refractivity contribution in [1.29, 1.82) is 0 Å². The van der Waals surface area contributed by atoms with Gasteiger partial charge in [-0.3, -0.25) is 19.3 Å². The molecule has 6 rings (SSSR count). The molecule has 6 atom stereocenters. The molecule has 0 saturated carbocycles. The Morgan fingerprint density at radius 3 is 2.06 bits per heavy atom. The van der Waals surface area contributed by atoms with E-state index in [4.69, 9.17) is 15.2 Å². The zero-order valence-electron chi connectivity index (χ0n) is 29.6. The molecule has 3 aliphatic rings. The van der Waals surface area contributed by atoms with Gasteiger partial charge in [0.2, 0.25) is 11.7 Å². The SMILES string of the molecule is C=C(OCc1ccccc1)N(NC(=O)OCc1ccccc1)c1ccc(O)c2c1[C@H](C)[C@@H]1C(=C(O)[C@]3(O)C(=O)C(C(N)=O)=C(O)[C@@H](N(C)C)[C@@H]3[C@H]1O)C2=O. The number of hydrogen-bond donors (Lipinski definition) is 7. The number of carbonyl (C=O) groups excluding carboxylic acids is 4. The van der Waals surface area contributed by atoms with E-state index >= 15 is 0 Å². The summed E-state index contributed by atoms with van der Waals surface area (Å²) < 4.78 is 11.4. The van der Waals surface area contributed by atoms with Crippen LogP contribution in [0.4, 0.5) is 10.5 Å². The van der Waals surface area contributed by atoms with Crippen LogP contribution in [0.1, 0.15) is 39.9 Å². The van der Waals surface area contributed by atoms with Gasteiger partial charge in [-0.2, -0.15) is 0 Å². The van der Waals surface area contributed by atoms with Gasteiger partial charge in [0.25, 0.3) is 5.91 Å². The highest BCUT2D eigenvalue weighted by atomic mass is 16.6. The molecule has 0 aliphatic heterocycles. The lowest BCUT2D eigenvalue weighted by Gasteiger charge is -2.53. The molecule has 0 heterocycles. The van der Waals surface area contributed by atoms with Crippen LogP contribution in [0.3, 0.4) is 0 Å². The zero-order valence-corrected chi connectivity index (χ0v) is 29.6. The fourth-order valence-corrected chi connectivity index (χ4v) is 7.78. The van der Waals surface area contributed by atoms with Gasteiger partial charge in [0.05, 0.1) is 29.3 Å². The number of likely N-dealkylation sites (N-methyl/N-ethyl adjacent to an activating group) is 1. The molecule has 0 bridgehead atoms. The van der Waals surface area contributed by atoms with Crippen LogP contribution >= 0.6 is 0 Å². The average molecular weight is 741 g/mol. The number of primary amides is 1. The summed E-state index contributed by atoms with van der Waals surface area (Å²) in [5, 5.41) is 59.3. The minimum atomic E-state index is -3.08. The van der Waals surface area contributed by atoms with Crippen molar-refractivity contribution < 1.29 is 54.2 Å². The maximum Gasteiger partial charge on any atom is 0.426 e.